The third-order valence-corrected chi connectivity index (χ3v) is 7.41. The zero-order chi connectivity index (χ0) is 28.5. The van der Waals surface area contributed by atoms with Crippen LogP contribution in [0.1, 0.15) is 5.56 Å². The molecular formula is C28H24FN5O6S. The highest BCUT2D eigenvalue weighted by Gasteiger charge is 2.34. The number of hydrogen-bond acceptors (Lipinski definition) is 11. The van der Waals surface area contributed by atoms with Crippen LogP contribution in [0, 0.1) is 12.7 Å². The number of anilines is 1. The van der Waals surface area contributed by atoms with E-state index < -0.39 is 24.1 Å². The number of nitrogens with one attached hydrogen (secondary N) is 1. The Kier molecular flexibility index (Phi) is 7.20. The highest BCUT2D eigenvalue weighted by atomic mass is 32.1. The second kappa shape index (κ2) is 11.1. The third-order valence-electron chi connectivity index (χ3n) is 6.36. The van der Waals surface area contributed by atoms with Crippen LogP contribution >= 0.6 is 11.3 Å². The Morgan fingerprint density at radius 2 is 1.83 bits per heavy atom. The molecule has 2 atom stereocenters. The van der Waals surface area contributed by atoms with Gasteiger partial charge in [-0.25, -0.2) is 29.1 Å². The SMILES string of the molecule is COc1ccc(NC(=O)OC2COCC2Oc2cc3sc(-c4cc(C)cc5nc(OC)cnc45)nc3cc2F)cn1. The van der Waals surface area contributed by atoms with Gasteiger partial charge in [0.05, 0.1) is 66.8 Å². The number of aryl methyl sites for hydroxylation is 1. The topological polar surface area (TPSA) is 127 Å². The summed E-state index contributed by atoms with van der Waals surface area (Å²) in [6.07, 6.45) is 0.824. The van der Waals surface area contributed by atoms with Gasteiger partial charge < -0.3 is 23.7 Å². The lowest BCUT2D eigenvalue weighted by molar-refractivity contribution is 0.0498. The predicted molar refractivity (Wildman–Crippen MR) is 149 cm³/mol. The van der Waals surface area contributed by atoms with E-state index in [0.717, 1.165) is 11.1 Å². The van der Waals surface area contributed by atoms with Crippen LogP contribution in [0.3, 0.4) is 0 Å². The van der Waals surface area contributed by atoms with Crippen LogP contribution in [-0.2, 0) is 9.47 Å². The van der Waals surface area contributed by atoms with Crippen LogP contribution in [-0.4, -0.2) is 65.7 Å². The molecule has 1 fully saturated rings. The fraction of sp³-hybridized carbons (Fsp3) is 0.250. The number of benzene rings is 2. The molecule has 6 rings (SSSR count). The summed E-state index contributed by atoms with van der Waals surface area (Å²) >= 11 is 1.38. The van der Waals surface area contributed by atoms with Crippen molar-refractivity contribution in [3.8, 4) is 28.1 Å². The molecule has 0 bridgehead atoms. The molecule has 1 aliphatic rings. The maximum absolute atomic E-state index is 15.1. The van der Waals surface area contributed by atoms with Gasteiger partial charge in [0.15, 0.2) is 23.8 Å². The van der Waals surface area contributed by atoms with Gasteiger partial charge in [-0.3, -0.25) is 5.32 Å². The summed E-state index contributed by atoms with van der Waals surface area (Å²) in [4.78, 5) is 30.2. The van der Waals surface area contributed by atoms with Crippen molar-refractivity contribution in [2.75, 3.05) is 32.8 Å². The lowest BCUT2D eigenvalue weighted by atomic mass is 10.1. The Balaban J connectivity index is 1.21. The van der Waals surface area contributed by atoms with Crippen molar-refractivity contribution in [1.82, 2.24) is 19.9 Å². The number of rotatable bonds is 7. The third kappa shape index (κ3) is 5.54. The van der Waals surface area contributed by atoms with Gasteiger partial charge in [-0.05, 0) is 30.7 Å². The average molecular weight is 578 g/mol. The molecule has 0 aliphatic carbocycles. The van der Waals surface area contributed by atoms with E-state index in [0.29, 0.717) is 43.7 Å². The molecule has 210 valence electrons. The quantitative estimate of drug-likeness (QED) is 0.277. The average Bonchev–Trinajstić information content (AvgIpc) is 3.58. The minimum Gasteiger partial charge on any atom is -0.481 e. The van der Waals surface area contributed by atoms with Gasteiger partial charge in [-0.2, -0.15) is 0 Å². The number of nitrogens with zero attached hydrogens (tertiary/aromatic N) is 4. The smallest absolute Gasteiger partial charge is 0.412 e. The van der Waals surface area contributed by atoms with Crippen molar-refractivity contribution in [2.45, 2.75) is 19.1 Å². The van der Waals surface area contributed by atoms with E-state index in [4.69, 9.17) is 23.7 Å². The van der Waals surface area contributed by atoms with Crippen LogP contribution in [0.5, 0.6) is 17.5 Å². The second-order valence-corrected chi connectivity index (χ2v) is 10.2. The molecule has 4 heterocycles. The molecule has 2 unspecified atom stereocenters. The van der Waals surface area contributed by atoms with Gasteiger partial charge in [-0.1, -0.05) is 0 Å². The number of carbonyl (C=O) groups is 1. The highest BCUT2D eigenvalue weighted by molar-refractivity contribution is 7.21. The Labute approximate surface area is 237 Å². The minimum absolute atomic E-state index is 0.00944. The van der Waals surface area contributed by atoms with E-state index in [-0.39, 0.29) is 19.0 Å². The first-order valence-electron chi connectivity index (χ1n) is 12.5. The highest BCUT2D eigenvalue weighted by Crippen LogP contribution is 2.37. The van der Waals surface area contributed by atoms with Crippen molar-refractivity contribution in [1.29, 1.82) is 0 Å². The number of halogens is 1. The molecule has 1 saturated heterocycles. The van der Waals surface area contributed by atoms with Gasteiger partial charge in [0.25, 0.3) is 0 Å². The molecule has 41 heavy (non-hydrogen) atoms. The van der Waals surface area contributed by atoms with Crippen LogP contribution in [0.25, 0.3) is 31.8 Å². The second-order valence-electron chi connectivity index (χ2n) is 9.21. The van der Waals surface area contributed by atoms with Gasteiger partial charge in [0.2, 0.25) is 11.8 Å². The number of hydrogen-bond donors (Lipinski definition) is 1. The summed E-state index contributed by atoms with van der Waals surface area (Å²) in [6, 6.07) is 10.0. The number of amides is 1. The summed E-state index contributed by atoms with van der Waals surface area (Å²) in [5.41, 5.74) is 4.01. The largest absolute Gasteiger partial charge is 0.481 e. The Morgan fingerprint density at radius 1 is 1.00 bits per heavy atom. The maximum Gasteiger partial charge on any atom is 0.412 e. The van der Waals surface area contributed by atoms with Crippen LogP contribution in [0.15, 0.2) is 48.8 Å². The lowest BCUT2D eigenvalue weighted by Crippen LogP contribution is -2.35. The number of aromatic nitrogens is 4. The predicted octanol–water partition coefficient (Wildman–Crippen LogP) is 5.16. The molecule has 11 nitrogen and oxygen atoms in total. The van der Waals surface area contributed by atoms with Gasteiger partial charge in [0.1, 0.15) is 5.01 Å². The van der Waals surface area contributed by atoms with Crippen molar-refractivity contribution < 1.29 is 32.9 Å². The summed E-state index contributed by atoms with van der Waals surface area (Å²) in [7, 11) is 3.03. The summed E-state index contributed by atoms with van der Waals surface area (Å²) in [5.74, 6) is 0.244. The monoisotopic (exact) mass is 577 g/mol. The van der Waals surface area contributed by atoms with E-state index >= 15 is 4.39 Å². The van der Waals surface area contributed by atoms with E-state index in [1.165, 1.54) is 37.8 Å². The van der Waals surface area contributed by atoms with Crippen molar-refractivity contribution >= 4 is 44.4 Å². The zero-order valence-corrected chi connectivity index (χ0v) is 23.0. The first-order chi connectivity index (χ1) is 19.9. The number of methoxy groups -OCH3 is 2. The molecule has 2 aromatic carbocycles. The molecule has 3 aromatic heterocycles. The Morgan fingerprint density at radius 3 is 2.61 bits per heavy atom. The van der Waals surface area contributed by atoms with Crippen LogP contribution in [0.2, 0.25) is 0 Å². The summed E-state index contributed by atoms with van der Waals surface area (Å²) in [5, 5.41) is 3.26. The molecule has 5 aromatic rings. The number of thiazole rings is 1. The van der Waals surface area contributed by atoms with Crippen LogP contribution in [0.4, 0.5) is 14.9 Å². The molecule has 0 saturated carbocycles. The number of carbonyl (C=O) groups excluding carboxylic acids is 1. The summed E-state index contributed by atoms with van der Waals surface area (Å²) < 4.78 is 43.0. The lowest BCUT2D eigenvalue weighted by Gasteiger charge is -2.20. The Bertz CT molecular complexity index is 1750. The molecule has 0 spiro atoms. The number of pyridine rings is 1. The van der Waals surface area contributed by atoms with Crippen LogP contribution < -0.4 is 19.5 Å². The van der Waals surface area contributed by atoms with Gasteiger partial charge in [-0.15, -0.1) is 11.3 Å². The normalized spacial score (nSPS) is 16.6. The zero-order valence-electron chi connectivity index (χ0n) is 22.2. The van der Waals surface area contributed by atoms with Crippen molar-refractivity contribution in [3.05, 3.63) is 60.2 Å². The van der Waals surface area contributed by atoms with Crippen molar-refractivity contribution in [3.63, 3.8) is 0 Å². The maximum atomic E-state index is 15.1. The van der Waals surface area contributed by atoms with E-state index in [1.54, 1.807) is 24.4 Å². The van der Waals surface area contributed by atoms with E-state index in [1.807, 2.05) is 19.1 Å². The molecule has 1 amide bonds. The standard InChI is InChI=1S/C28H24FN5O6S/c1-14-6-16(26-19(7-14)33-25(37-3)11-31-26)27-34-18-8-17(29)20(9-23(18)41-27)39-21-12-38-13-22(21)40-28(35)32-15-4-5-24(36-2)30-10-15/h4-11,21-22H,12-13H2,1-3H3,(H,32,35). The number of fused-ring (bicyclic) bond motifs is 2. The first kappa shape index (κ1) is 26.6. The summed E-state index contributed by atoms with van der Waals surface area (Å²) in [6.45, 7) is 2.20. The minimum atomic E-state index is -0.748. The van der Waals surface area contributed by atoms with Gasteiger partial charge in [0, 0.05) is 23.8 Å². The van der Waals surface area contributed by atoms with Gasteiger partial charge >= 0.3 is 6.09 Å². The number of ether oxygens (including phenoxy) is 5. The molecule has 1 N–H and O–H groups in total. The fourth-order valence-corrected chi connectivity index (χ4v) is 5.40. The molecule has 1 aliphatic heterocycles. The van der Waals surface area contributed by atoms with E-state index in [9.17, 15) is 4.79 Å². The molecule has 13 heteroatoms. The molecular weight excluding hydrogens is 553 g/mol. The first-order valence-corrected chi connectivity index (χ1v) is 13.4. The Hall–Kier alpha value is -4.62. The van der Waals surface area contributed by atoms with E-state index in [2.05, 4.69) is 25.3 Å². The molecule has 0 radical (unpaired) electrons. The fourth-order valence-electron chi connectivity index (χ4n) is 4.40. The van der Waals surface area contributed by atoms with Crippen molar-refractivity contribution in [2.24, 2.45) is 0 Å².